The van der Waals surface area contributed by atoms with Gasteiger partial charge in [-0.2, -0.15) is 0 Å². The summed E-state index contributed by atoms with van der Waals surface area (Å²) in [6.45, 7) is 4.08. The third-order valence-corrected chi connectivity index (χ3v) is 5.00. The van der Waals surface area contributed by atoms with E-state index in [0.29, 0.717) is 23.1 Å². The van der Waals surface area contributed by atoms with E-state index in [2.05, 4.69) is 10.3 Å². The second-order valence-electron chi connectivity index (χ2n) is 5.97. The molecule has 0 aliphatic carbocycles. The van der Waals surface area contributed by atoms with E-state index < -0.39 is 10.8 Å². The van der Waals surface area contributed by atoms with Crippen molar-refractivity contribution in [3.63, 3.8) is 0 Å². The number of benzene rings is 1. The molecule has 2 heterocycles. The molecule has 0 saturated heterocycles. The number of nitrogens with zero attached hydrogens (tertiary/aromatic N) is 1. The van der Waals surface area contributed by atoms with Gasteiger partial charge in [-0.25, -0.2) is 4.98 Å². The number of nitrogens with one attached hydrogen (secondary N) is 1. The summed E-state index contributed by atoms with van der Waals surface area (Å²) in [7, 11) is -1.37. The summed E-state index contributed by atoms with van der Waals surface area (Å²) in [4.78, 5) is 16.3. The van der Waals surface area contributed by atoms with Crippen LogP contribution < -0.4 is 5.32 Å². The number of aryl methyl sites for hydroxylation is 2. The molecule has 2 aromatic heterocycles. The van der Waals surface area contributed by atoms with Crippen LogP contribution in [-0.4, -0.2) is 20.9 Å². The normalized spacial score (nSPS) is 12.1. The van der Waals surface area contributed by atoms with Gasteiger partial charge >= 0.3 is 0 Å². The summed E-state index contributed by atoms with van der Waals surface area (Å²) in [5, 5.41) is 2.68. The minimum atomic E-state index is -1.37. The van der Waals surface area contributed by atoms with Crippen molar-refractivity contribution in [1.29, 1.82) is 0 Å². The first-order chi connectivity index (χ1) is 12.5. The number of hydrogen-bond acceptors (Lipinski definition) is 5. The van der Waals surface area contributed by atoms with Gasteiger partial charge in [-0.1, -0.05) is 17.7 Å². The Hall–Kier alpha value is -2.67. The van der Waals surface area contributed by atoms with Crippen molar-refractivity contribution in [3.8, 4) is 11.5 Å². The van der Waals surface area contributed by atoms with Gasteiger partial charge in [0.2, 0.25) is 11.8 Å². The lowest BCUT2D eigenvalue weighted by molar-refractivity contribution is -0.118. The van der Waals surface area contributed by atoms with Crippen LogP contribution in [0.1, 0.15) is 22.8 Å². The Morgan fingerprint density at radius 3 is 2.65 bits per heavy atom. The first kappa shape index (κ1) is 18.1. The van der Waals surface area contributed by atoms with Gasteiger partial charge in [-0.3, -0.25) is 9.00 Å². The summed E-state index contributed by atoms with van der Waals surface area (Å²) in [5.41, 5.74) is 2.63. The third kappa shape index (κ3) is 4.70. The summed E-state index contributed by atoms with van der Waals surface area (Å²) >= 11 is 0. The van der Waals surface area contributed by atoms with Crippen LogP contribution in [-0.2, 0) is 27.9 Å². The van der Waals surface area contributed by atoms with Gasteiger partial charge in [-0.05, 0) is 38.1 Å². The fourth-order valence-electron chi connectivity index (χ4n) is 2.38. The molecule has 0 saturated carbocycles. The summed E-state index contributed by atoms with van der Waals surface area (Å²) in [5.74, 6) is 1.56. The summed E-state index contributed by atoms with van der Waals surface area (Å²) in [6, 6.07) is 11.3. The maximum absolute atomic E-state index is 12.3. The molecule has 0 aliphatic rings. The summed E-state index contributed by atoms with van der Waals surface area (Å²) < 4.78 is 23.1. The number of amides is 1. The topological polar surface area (TPSA) is 85.3 Å². The lowest BCUT2D eigenvalue weighted by Gasteiger charge is -2.03. The number of aromatic nitrogens is 1. The molecule has 1 atom stereocenters. The number of hydrogen-bond donors (Lipinski definition) is 1. The molecule has 6 nitrogen and oxygen atoms in total. The van der Waals surface area contributed by atoms with Gasteiger partial charge in [-0.15, -0.1) is 0 Å². The van der Waals surface area contributed by atoms with Crippen LogP contribution in [0.3, 0.4) is 0 Å². The van der Waals surface area contributed by atoms with Gasteiger partial charge in [0.05, 0.1) is 24.3 Å². The third-order valence-electron chi connectivity index (χ3n) is 3.82. The molecule has 3 rings (SSSR count). The van der Waals surface area contributed by atoms with Crippen molar-refractivity contribution in [3.05, 3.63) is 65.4 Å². The fourth-order valence-corrected chi connectivity index (χ4v) is 3.45. The van der Waals surface area contributed by atoms with E-state index in [0.717, 1.165) is 11.1 Å². The van der Waals surface area contributed by atoms with Crippen LogP contribution in [0.25, 0.3) is 11.5 Å². The van der Waals surface area contributed by atoms with Crippen LogP contribution in [0, 0.1) is 13.8 Å². The average Bonchev–Trinajstić information content (AvgIpc) is 3.24. The zero-order valence-electron chi connectivity index (χ0n) is 14.7. The highest BCUT2D eigenvalue weighted by atomic mass is 32.2. The Morgan fingerprint density at radius 2 is 1.96 bits per heavy atom. The molecule has 0 radical (unpaired) electrons. The number of carbonyl (C=O) groups is 1. The lowest BCUT2D eigenvalue weighted by atomic mass is 10.1. The Bertz CT molecular complexity index is 898. The fraction of sp³-hybridized carbons (Fsp3) is 0.263. The molecular weight excluding hydrogens is 352 g/mol. The van der Waals surface area contributed by atoms with Crippen LogP contribution in [0.5, 0.6) is 0 Å². The minimum absolute atomic E-state index is 0.0904. The van der Waals surface area contributed by atoms with E-state index >= 15 is 0 Å². The van der Waals surface area contributed by atoms with E-state index in [1.807, 2.05) is 31.2 Å². The lowest BCUT2D eigenvalue weighted by Crippen LogP contribution is -2.28. The van der Waals surface area contributed by atoms with Crippen LogP contribution >= 0.6 is 0 Å². The largest absolute Gasteiger partial charge is 0.467 e. The van der Waals surface area contributed by atoms with Gasteiger partial charge in [0.25, 0.3) is 0 Å². The zero-order valence-corrected chi connectivity index (χ0v) is 15.5. The van der Waals surface area contributed by atoms with E-state index in [9.17, 15) is 9.00 Å². The van der Waals surface area contributed by atoms with Gasteiger partial charge in [0.15, 0.2) is 0 Å². The standard InChI is InChI=1S/C19H20N2O4S/c1-13-5-7-15(8-6-13)19-21-17(14(2)25-19)11-26(23)12-18(22)20-10-16-4-3-9-24-16/h3-9H,10-12H2,1-2H3,(H,20,22)/t26-/m0/s1. The molecule has 1 amide bonds. The van der Waals surface area contributed by atoms with Gasteiger partial charge in [0.1, 0.15) is 17.3 Å². The monoisotopic (exact) mass is 372 g/mol. The molecule has 0 spiro atoms. The highest BCUT2D eigenvalue weighted by Gasteiger charge is 2.16. The maximum atomic E-state index is 12.3. The Kier molecular flexibility index (Phi) is 5.68. The van der Waals surface area contributed by atoms with E-state index in [-0.39, 0.29) is 24.0 Å². The van der Waals surface area contributed by atoms with Crippen molar-refractivity contribution in [2.24, 2.45) is 0 Å². The highest BCUT2D eigenvalue weighted by molar-refractivity contribution is 7.84. The van der Waals surface area contributed by atoms with Crippen molar-refractivity contribution in [1.82, 2.24) is 10.3 Å². The Labute approximate surface area is 154 Å². The molecule has 3 aromatic rings. The molecule has 0 bridgehead atoms. The number of rotatable bonds is 7. The first-order valence-electron chi connectivity index (χ1n) is 8.18. The molecular formula is C19H20N2O4S. The molecule has 1 N–H and O–H groups in total. The highest BCUT2D eigenvalue weighted by Crippen LogP contribution is 2.22. The molecule has 0 unspecified atom stereocenters. The van der Waals surface area contributed by atoms with Crippen LogP contribution in [0.2, 0.25) is 0 Å². The maximum Gasteiger partial charge on any atom is 0.233 e. The van der Waals surface area contributed by atoms with Crippen LogP contribution in [0.4, 0.5) is 0 Å². The first-order valence-corrected chi connectivity index (χ1v) is 9.67. The van der Waals surface area contributed by atoms with Gasteiger partial charge in [0, 0.05) is 16.4 Å². The smallest absolute Gasteiger partial charge is 0.233 e. The number of furan rings is 1. The second-order valence-corrected chi connectivity index (χ2v) is 7.43. The predicted molar refractivity (Wildman–Crippen MR) is 98.7 cm³/mol. The molecule has 1 aromatic carbocycles. The van der Waals surface area contributed by atoms with Crippen molar-refractivity contribution < 1.29 is 17.8 Å². The predicted octanol–water partition coefficient (Wildman–Crippen LogP) is 3.12. The molecule has 7 heteroatoms. The average molecular weight is 372 g/mol. The second kappa shape index (κ2) is 8.14. The molecule has 136 valence electrons. The molecule has 26 heavy (non-hydrogen) atoms. The van der Waals surface area contributed by atoms with E-state index in [4.69, 9.17) is 8.83 Å². The number of oxazole rings is 1. The SMILES string of the molecule is Cc1ccc(-c2nc(C[S@](=O)CC(=O)NCc3ccco3)c(C)o2)cc1. The Morgan fingerprint density at radius 1 is 1.19 bits per heavy atom. The van der Waals surface area contributed by atoms with Crippen LogP contribution in [0.15, 0.2) is 51.5 Å². The molecule has 0 aliphatic heterocycles. The van der Waals surface area contributed by atoms with Crippen molar-refractivity contribution in [2.75, 3.05) is 5.75 Å². The number of carbonyl (C=O) groups excluding carboxylic acids is 1. The quantitative estimate of drug-likeness (QED) is 0.689. The zero-order chi connectivity index (χ0) is 18.5. The minimum Gasteiger partial charge on any atom is -0.467 e. The van der Waals surface area contributed by atoms with Crippen molar-refractivity contribution in [2.45, 2.75) is 26.1 Å². The van der Waals surface area contributed by atoms with Crippen molar-refractivity contribution >= 4 is 16.7 Å². The van der Waals surface area contributed by atoms with Gasteiger partial charge < -0.3 is 14.2 Å². The summed E-state index contributed by atoms with van der Waals surface area (Å²) in [6.07, 6.45) is 1.54. The van der Waals surface area contributed by atoms with E-state index in [1.165, 1.54) is 0 Å². The Balaban J connectivity index is 1.57. The molecule has 0 fully saturated rings. The van der Waals surface area contributed by atoms with E-state index in [1.54, 1.807) is 25.3 Å².